The van der Waals surface area contributed by atoms with Gasteiger partial charge in [-0.1, -0.05) is 25.6 Å². The Morgan fingerprint density at radius 2 is 2.07 bits per heavy atom. The average Bonchev–Trinajstić information content (AvgIpc) is 2.11. The summed E-state index contributed by atoms with van der Waals surface area (Å²) in [5.41, 5.74) is 4.30. The molecule has 15 heavy (non-hydrogen) atoms. The molecule has 0 aromatic heterocycles. The van der Waals surface area contributed by atoms with Gasteiger partial charge in [-0.05, 0) is 25.5 Å². The van der Waals surface area contributed by atoms with E-state index >= 15 is 0 Å². The van der Waals surface area contributed by atoms with Crippen molar-refractivity contribution in [2.45, 2.75) is 39.6 Å². The van der Waals surface area contributed by atoms with Gasteiger partial charge in [-0.3, -0.25) is 4.79 Å². The summed E-state index contributed by atoms with van der Waals surface area (Å²) >= 11 is 0. The molecule has 1 aliphatic heterocycles. The molecular weight excluding hydrogens is 204 g/mol. The monoisotopic (exact) mass is 222 g/mol. The van der Waals surface area contributed by atoms with Gasteiger partial charge in [0.05, 0.1) is 5.92 Å². The second kappa shape index (κ2) is 4.24. The number of ether oxygens (including phenoxy) is 1. The Kier molecular flexibility index (Phi) is 3.41. The molecule has 1 saturated heterocycles. The predicted octanol–water partition coefficient (Wildman–Crippen LogP) is 2.38. The van der Waals surface area contributed by atoms with Crippen molar-refractivity contribution in [3.8, 4) is 11.5 Å². The molecule has 1 rings (SSSR count). The molecule has 2 atom stereocenters. The molecule has 0 radical (unpaired) electrons. The predicted molar refractivity (Wildman–Crippen MR) is 63.9 cm³/mol. The lowest BCUT2D eigenvalue weighted by molar-refractivity contribution is -0.177. The Bertz CT molecular complexity index is 352. The van der Waals surface area contributed by atoms with Crippen molar-refractivity contribution in [1.82, 2.24) is 0 Å². The summed E-state index contributed by atoms with van der Waals surface area (Å²) < 4.78 is 5.03. The van der Waals surface area contributed by atoms with Crippen LogP contribution in [0.1, 0.15) is 13.8 Å². The number of hydrogen-bond donors (Lipinski definition) is 0. The molecule has 0 aromatic rings. The van der Waals surface area contributed by atoms with Crippen LogP contribution in [0, 0.1) is 17.4 Å². The van der Waals surface area contributed by atoms with Crippen LogP contribution in [-0.4, -0.2) is 20.1 Å². The standard InChI is InChI=1S/C12H18O2Si/c1-9(7-6-8-15(3,4)5)11-10(2)12(13)14-11/h7,10-11H,1-5H3/b9-7-/t10-,11+/m0/s1. The van der Waals surface area contributed by atoms with Gasteiger partial charge in [0.2, 0.25) is 0 Å². The molecule has 0 N–H and O–H groups in total. The molecule has 0 spiro atoms. The fourth-order valence-corrected chi connectivity index (χ4v) is 1.83. The molecule has 82 valence electrons. The Hall–Kier alpha value is -1.01. The normalized spacial score (nSPS) is 26.2. The Morgan fingerprint density at radius 3 is 2.47 bits per heavy atom. The zero-order chi connectivity index (χ0) is 11.6. The fourth-order valence-electron chi connectivity index (χ4n) is 1.32. The maximum Gasteiger partial charge on any atom is 0.313 e. The smallest absolute Gasteiger partial charge is 0.313 e. The lowest BCUT2D eigenvalue weighted by Gasteiger charge is -2.33. The summed E-state index contributed by atoms with van der Waals surface area (Å²) in [4.78, 5) is 10.9. The molecule has 0 bridgehead atoms. The highest BCUT2D eigenvalue weighted by Crippen LogP contribution is 2.27. The van der Waals surface area contributed by atoms with Crippen molar-refractivity contribution in [2.24, 2.45) is 5.92 Å². The lowest BCUT2D eigenvalue weighted by atomic mass is 9.93. The molecule has 0 unspecified atom stereocenters. The van der Waals surface area contributed by atoms with Crippen molar-refractivity contribution in [3.05, 3.63) is 11.6 Å². The zero-order valence-electron chi connectivity index (χ0n) is 10.0. The Balaban J connectivity index is 2.61. The molecule has 0 aromatic carbocycles. The van der Waals surface area contributed by atoms with E-state index in [0.29, 0.717) is 0 Å². The molecule has 0 amide bonds. The van der Waals surface area contributed by atoms with Gasteiger partial charge in [-0.25, -0.2) is 0 Å². The first-order chi connectivity index (χ1) is 6.81. The number of carbonyl (C=O) groups is 1. The van der Waals surface area contributed by atoms with E-state index in [9.17, 15) is 4.79 Å². The van der Waals surface area contributed by atoms with Crippen LogP contribution in [-0.2, 0) is 9.53 Å². The number of rotatable bonds is 1. The maximum atomic E-state index is 10.9. The van der Waals surface area contributed by atoms with E-state index in [0.717, 1.165) is 5.57 Å². The molecule has 0 aliphatic carbocycles. The van der Waals surface area contributed by atoms with Crippen molar-refractivity contribution in [3.63, 3.8) is 0 Å². The number of cyclic esters (lactones) is 1. The minimum Gasteiger partial charge on any atom is -0.457 e. The van der Waals surface area contributed by atoms with Crippen LogP contribution < -0.4 is 0 Å². The van der Waals surface area contributed by atoms with Gasteiger partial charge in [-0.15, -0.1) is 5.54 Å². The fraction of sp³-hybridized carbons (Fsp3) is 0.583. The first-order valence-corrected chi connectivity index (χ1v) is 8.71. The van der Waals surface area contributed by atoms with Crippen LogP contribution >= 0.6 is 0 Å². The van der Waals surface area contributed by atoms with E-state index in [1.54, 1.807) is 0 Å². The van der Waals surface area contributed by atoms with Gasteiger partial charge in [0.1, 0.15) is 14.2 Å². The average molecular weight is 222 g/mol. The summed E-state index contributed by atoms with van der Waals surface area (Å²) in [5, 5.41) is 0. The van der Waals surface area contributed by atoms with Crippen LogP contribution in [0.2, 0.25) is 19.6 Å². The third-order valence-electron chi connectivity index (χ3n) is 2.26. The maximum absolute atomic E-state index is 10.9. The second-order valence-electron chi connectivity index (χ2n) is 5.05. The van der Waals surface area contributed by atoms with Gasteiger partial charge in [0, 0.05) is 0 Å². The largest absolute Gasteiger partial charge is 0.457 e. The minimum atomic E-state index is -1.29. The summed E-state index contributed by atoms with van der Waals surface area (Å²) in [5.74, 6) is 2.96. The van der Waals surface area contributed by atoms with Crippen LogP contribution in [0.5, 0.6) is 0 Å². The molecule has 3 heteroatoms. The van der Waals surface area contributed by atoms with Gasteiger partial charge in [-0.2, -0.15) is 0 Å². The Morgan fingerprint density at radius 1 is 1.47 bits per heavy atom. The van der Waals surface area contributed by atoms with Crippen molar-refractivity contribution in [2.75, 3.05) is 0 Å². The van der Waals surface area contributed by atoms with Gasteiger partial charge in [0.15, 0.2) is 0 Å². The number of esters is 1. The first kappa shape index (κ1) is 12.1. The van der Waals surface area contributed by atoms with E-state index in [2.05, 4.69) is 31.1 Å². The van der Waals surface area contributed by atoms with E-state index in [1.165, 1.54) is 0 Å². The zero-order valence-corrected chi connectivity index (χ0v) is 11.0. The highest BCUT2D eigenvalue weighted by atomic mass is 28.3. The molecule has 1 aliphatic rings. The molecule has 1 heterocycles. The lowest BCUT2D eigenvalue weighted by Crippen LogP contribution is -2.43. The SMILES string of the molecule is C/C(=C/C#C[Si](C)(C)C)[C@H]1OC(=O)[C@H]1C. The van der Waals surface area contributed by atoms with Gasteiger partial charge < -0.3 is 4.74 Å². The van der Waals surface area contributed by atoms with Crippen LogP contribution in [0.15, 0.2) is 11.6 Å². The van der Waals surface area contributed by atoms with Gasteiger partial charge in [0.25, 0.3) is 0 Å². The Labute approximate surface area is 92.7 Å². The number of allylic oxidation sites excluding steroid dienone is 1. The summed E-state index contributed by atoms with van der Waals surface area (Å²) in [6, 6.07) is 0. The quantitative estimate of drug-likeness (QED) is 0.387. The van der Waals surface area contributed by atoms with E-state index in [4.69, 9.17) is 4.74 Å². The minimum absolute atomic E-state index is 0.00469. The summed E-state index contributed by atoms with van der Waals surface area (Å²) in [6.45, 7) is 10.5. The van der Waals surface area contributed by atoms with E-state index < -0.39 is 8.07 Å². The third kappa shape index (κ3) is 3.24. The van der Waals surface area contributed by atoms with Crippen molar-refractivity contribution < 1.29 is 9.53 Å². The highest BCUT2D eigenvalue weighted by Gasteiger charge is 2.39. The van der Waals surface area contributed by atoms with Gasteiger partial charge >= 0.3 is 5.97 Å². The van der Waals surface area contributed by atoms with Crippen LogP contribution in [0.3, 0.4) is 0 Å². The third-order valence-corrected chi connectivity index (χ3v) is 3.16. The highest BCUT2D eigenvalue weighted by molar-refractivity contribution is 6.83. The summed E-state index contributed by atoms with van der Waals surface area (Å²) in [7, 11) is -1.29. The molecule has 2 nitrogen and oxygen atoms in total. The second-order valence-corrected chi connectivity index (χ2v) is 9.80. The number of hydrogen-bond acceptors (Lipinski definition) is 2. The molecule has 1 fully saturated rings. The van der Waals surface area contributed by atoms with Crippen molar-refractivity contribution >= 4 is 14.0 Å². The first-order valence-electron chi connectivity index (χ1n) is 5.21. The van der Waals surface area contributed by atoms with E-state index in [-0.39, 0.29) is 18.0 Å². The van der Waals surface area contributed by atoms with Crippen molar-refractivity contribution in [1.29, 1.82) is 0 Å². The summed E-state index contributed by atoms with van der Waals surface area (Å²) in [6.07, 6.45) is 1.83. The van der Waals surface area contributed by atoms with E-state index in [1.807, 2.05) is 19.9 Å². The van der Waals surface area contributed by atoms with Crippen LogP contribution in [0.25, 0.3) is 0 Å². The van der Waals surface area contributed by atoms with Crippen LogP contribution in [0.4, 0.5) is 0 Å². The number of carbonyl (C=O) groups excluding carboxylic acids is 1. The topological polar surface area (TPSA) is 26.3 Å². The molecular formula is C12H18O2Si. The molecule has 0 saturated carbocycles.